The van der Waals surface area contributed by atoms with E-state index in [2.05, 4.69) is 10.4 Å². The van der Waals surface area contributed by atoms with E-state index in [0.29, 0.717) is 23.0 Å². The Kier molecular flexibility index (Phi) is 3.77. The number of halogens is 4. The van der Waals surface area contributed by atoms with Crippen molar-refractivity contribution in [1.29, 1.82) is 0 Å². The predicted molar refractivity (Wildman–Crippen MR) is 63.6 cm³/mol. The Labute approximate surface area is 107 Å². The van der Waals surface area contributed by atoms with Gasteiger partial charge >= 0.3 is 6.18 Å². The van der Waals surface area contributed by atoms with Gasteiger partial charge in [0, 0.05) is 17.1 Å². The normalized spacial score (nSPS) is 17.2. The molecule has 3 nitrogen and oxygen atoms in total. The Morgan fingerprint density at radius 1 is 1.28 bits per heavy atom. The zero-order valence-corrected chi connectivity index (χ0v) is 10.1. The quantitative estimate of drug-likeness (QED) is 0.899. The molecule has 0 bridgehead atoms. The molecule has 0 fully saturated rings. The van der Waals surface area contributed by atoms with E-state index in [1.165, 1.54) is 0 Å². The fourth-order valence-electron chi connectivity index (χ4n) is 1.62. The molecule has 0 radical (unpaired) electrons. The van der Waals surface area contributed by atoms with Crippen LogP contribution in [0, 0.1) is 0 Å². The number of aliphatic imine (C=N–C) groups is 1. The van der Waals surface area contributed by atoms with E-state index >= 15 is 0 Å². The average molecular weight is 278 g/mol. The van der Waals surface area contributed by atoms with Crippen LogP contribution in [-0.2, 0) is 0 Å². The van der Waals surface area contributed by atoms with Gasteiger partial charge in [0.25, 0.3) is 0 Å². The van der Waals surface area contributed by atoms with Gasteiger partial charge in [-0.25, -0.2) is 5.01 Å². The fraction of sp³-hybridized carbons (Fsp3) is 0.364. The number of hydrogen-bond acceptors (Lipinski definition) is 3. The molecule has 18 heavy (non-hydrogen) atoms. The standard InChI is InChI=1S/C11H11ClF3N3/c12-9-3-1-8(2-4-9)10-16-5-6-18(17-10)7-11(13,14)15/h1-4H,5-7H2,(H,16,17). The zero-order chi connectivity index (χ0) is 13.2. The fourth-order valence-corrected chi connectivity index (χ4v) is 1.75. The number of amidine groups is 1. The second kappa shape index (κ2) is 5.16. The number of hydrazine groups is 1. The van der Waals surface area contributed by atoms with Gasteiger partial charge in [-0.15, -0.1) is 0 Å². The van der Waals surface area contributed by atoms with E-state index in [4.69, 9.17) is 11.6 Å². The summed E-state index contributed by atoms with van der Waals surface area (Å²) >= 11 is 5.75. The van der Waals surface area contributed by atoms with Gasteiger partial charge in [0.05, 0.1) is 6.54 Å². The third-order valence-corrected chi connectivity index (χ3v) is 2.64. The molecule has 98 valence electrons. The molecular formula is C11H11ClF3N3. The Hall–Kier alpha value is -1.27. The summed E-state index contributed by atoms with van der Waals surface area (Å²) < 4.78 is 36.9. The van der Waals surface area contributed by atoms with Crippen LogP contribution in [0.5, 0.6) is 0 Å². The van der Waals surface area contributed by atoms with Crippen LogP contribution < -0.4 is 5.43 Å². The van der Waals surface area contributed by atoms with Crippen molar-refractivity contribution in [3.63, 3.8) is 0 Å². The molecule has 1 aromatic carbocycles. The summed E-state index contributed by atoms with van der Waals surface area (Å²) in [6.45, 7) is -0.433. The van der Waals surface area contributed by atoms with Crippen molar-refractivity contribution in [3.05, 3.63) is 34.9 Å². The molecule has 1 N–H and O–H groups in total. The second-order valence-electron chi connectivity index (χ2n) is 3.89. The molecule has 7 heteroatoms. The maximum absolute atomic E-state index is 12.3. The maximum Gasteiger partial charge on any atom is 0.403 e. The van der Waals surface area contributed by atoms with Crippen molar-refractivity contribution in [2.75, 3.05) is 19.6 Å². The molecule has 0 saturated carbocycles. The number of nitrogens with one attached hydrogen (secondary N) is 1. The highest BCUT2D eigenvalue weighted by Gasteiger charge is 2.32. The molecule has 0 amide bonds. The third-order valence-electron chi connectivity index (χ3n) is 2.39. The SMILES string of the molecule is FC(F)(F)CN1CCN=C(c2ccc(Cl)cc2)N1. The molecule has 0 saturated heterocycles. The highest BCUT2D eigenvalue weighted by Crippen LogP contribution is 2.17. The van der Waals surface area contributed by atoms with Crippen LogP contribution in [-0.4, -0.2) is 36.7 Å². The van der Waals surface area contributed by atoms with Crippen LogP contribution in [0.4, 0.5) is 13.2 Å². The molecule has 2 rings (SSSR count). The Morgan fingerprint density at radius 2 is 1.94 bits per heavy atom. The monoisotopic (exact) mass is 277 g/mol. The minimum atomic E-state index is -4.23. The molecule has 0 aliphatic carbocycles. The Bertz CT molecular complexity index is 442. The Balaban J connectivity index is 2.07. The van der Waals surface area contributed by atoms with E-state index in [0.717, 1.165) is 5.01 Å². The van der Waals surface area contributed by atoms with Gasteiger partial charge in [0.1, 0.15) is 12.4 Å². The first-order valence-electron chi connectivity index (χ1n) is 5.33. The number of rotatable bonds is 2. The van der Waals surface area contributed by atoms with E-state index < -0.39 is 12.7 Å². The predicted octanol–water partition coefficient (Wildman–Crippen LogP) is 2.47. The number of hydrogen-bond donors (Lipinski definition) is 1. The van der Waals surface area contributed by atoms with Gasteiger partial charge in [0.15, 0.2) is 0 Å². The molecule has 0 atom stereocenters. The molecule has 1 aliphatic heterocycles. The Morgan fingerprint density at radius 3 is 2.56 bits per heavy atom. The lowest BCUT2D eigenvalue weighted by molar-refractivity contribution is -0.149. The van der Waals surface area contributed by atoms with Gasteiger partial charge in [-0.2, -0.15) is 13.2 Å². The lowest BCUT2D eigenvalue weighted by Gasteiger charge is -2.29. The summed E-state index contributed by atoms with van der Waals surface area (Å²) in [4.78, 5) is 4.16. The van der Waals surface area contributed by atoms with E-state index in [1.807, 2.05) is 0 Å². The van der Waals surface area contributed by atoms with Crippen LogP contribution in [0.1, 0.15) is 5.56 Å². The van der Waals surface area contributed by atoms with Crippen molar-refractivity contribution in [1.82, 2.24) is 10.4 Å². The number of alkyl halides is 3. The van der Waals surface area contributed by atoms with E-state index in [9.17, 15) is 13.2 Å². The van der Waals surface area contributed by atoms with E-state index in [1.54, 1.807) is 24.3 Å². The summed E-state index contributed by atoms with van der Waals surface area (Å²) in [6, 6.07) is 6.77. The molecule has 0 aromatic heterocycles. The van der Waals surface area contributed by atoms with Crippen molar-refractivity contribution in [2.24, 2.45) is 4.99 Å². The summed E-state index contributed by atoms with van der Waals surface area (Å²) in [7, 11) is 0. The first-order chi connectivity index (χ1) is 8.44. The molecule has 1 aliphatic rings. The third kappa shape index (κ3) is 3.61. The summed E-state index contributed by atoms with van der Waals surface area (Å²) in [5, 5.41) is 1.68. The molecule has 1 heterocycles. The van der Waals surface area contributed by atoms with Gasteiger partial charge in [-0.05, 0) is 24.3 Å². The van der Waals surface area contributed by atoms with Crippen LogP contribution >= 0.6 is 11.6 Å². The topological polar surface area (TPSA) is 27.6 Å². The van der Waals surface area contributed by atoms with Gasteiger partial charge in [-0.3, -0.25) is 4.99 Å². The van der Waals surface area contributed by atoms with Gasteiger partial charge in [0.2, 0.25) is 0 Å². The molecule has 0 spiro atoms. The summed E-state index contributed by atoms with van der Waals surface area (Å²) in [5.41, 5.74) is 3.38. The molecule has 1 aromatic rings. The van der Waals surface area contributed by atoms with Crippen LogP contribution in [0.15, 0.2) is 29.3 Å². The molecular weight excluding hydrogens is 267 g/mol. The van der Waals surface area contributed by atoms with Crippen molar-refractivity contribution in [2.45, 2.75) is 6.18 Å². The van der Waals surface area contributed by atoms with Gasteiger partial charge in [-0.1, -0.05) is 11.6 Å². The second-order valence-corrected chi connectivity index (χ2v) is 4.32. The maximum atomic E-state index is 12.3. The minimum absolute atomic E-state index is 0.233. The van der Waals surface area contributed by atoms with Crippen LogP contribution in [0.25, 0.3) is 0 Å². The number of benzene rings is 1. The summed E-state index contributed by atoms with van der Waals surface area (Å²) in [5.74, 6) is 0.433. The van der Waals surface area contributed by atoms with Crippen LogP contribution in [0.2, 0.25) is 5.02 Å². The van der Waals surface area contributed by atoms with E-state index in [-0.39, 0.29) is 6.54 Å². The largest absolute Gasteiger partial charge is 0.403 e. The summed E-state index contributed by atoms with van der Waals surface area (Å²) in [6.07, 6.45) is -4.23. The average Bonchev–Trinajstić information content (AvgIpc) is 2.28. The van der Waals surface area contributed by atoms with Crippen molar-refractivity contribution in [3.8, 4) is 0 Å². The highest BCUT2D eigenvalue weighted by molar-refractivity contribution is 6.30. The van der Waals surface area contributed by atoms with Crippen molar-refractivity contribution < 1.29 is 13.2 Å². The highest BCUT2D eigenvalue weighted by atomic mass is 35.5. The smallest absolute Gasteiger partial charge is 0.303 e. The number of nitrogens with zero attached hydrogens (tertiary/aromatic N) is 2. The van der Waals surface area contributed by atoms with Crippen LogP contribution in [0.3, 0.4) is 0 Å². The molecule has 0 unspecified atom stereocenters. The zero-order valence-electron chi connectivity index (χ0n) is 9.34. The lowest BCUT2D eigenvalue weighted by atomic mass is 10.2. The first kappa shape index (κ1) is 13.2. The minimum Gasteiger partial charge on any atom is -0.303 e. The first-order valence-corrected chi connectivity index (χ1v) is 5.70. The van der Waals surface area contributed by atoms with Crippen molar-refractivity contribution >= 4 is 17.4 Å². The van der Waals surface area contributed by atoms with Gasteiger partial charge < -0.3 is 5.43 Å². The lowest BCUT2D eigenvalue weighted by Crippen LogP contribution is -2.51.